The largest absolute Gasteiger partial charge is 0.408 e. The lowest BCUT2D eigenvalue weighted by atomic mass is 9.99. The molecule has 5 atom stereocenters. The smallest absolute Gasteiger partial charge is 0.192 e. The van der Waals surface area contributed by atoms with Crippen LogP contribution in [0.25, 0.3) is 0 Å². The molecule has 0 aromatic carbocycles. The standard InChI is InChI=1S/C25H56O6Si3/c1-23(2,3)32(11,12)29-19-18(17-26)28-22(27-10)21(31-34(15,16)25(7,8)9)20(19)30-33(13,14)24(4,5)6/h18-22,26H,17H2,1-16H3/t18-,19-,20-,21-,22-/m0/s1. The fourth-order valence-corrected chi connectivity index (χ4v) is 7.07. The van der Waals surface area contributed by atoms with Gasteiger partial charge in [-0.1, -0.05) is 62.3 Å². The van der Waals surface area contributed by atoms with Gasteiger partial charge in [0.25, 0.3) is 0 Å². The molecular formula is C25H56O6Si3. The summed E-state index contributed by atoms with van der Waals surface area (Å²) in [5.41, 5.74) is 0. The average molecular weight is 537 g/mol. The van der Waals surface area contributed by atoms with Gasteiger partial charge in [-0.3, -0.25) is 0 Å². The number of methoxy groups -OCH3 is 1. The van der Waals surface area contributed by atoms with Gasteiger partial charge in [-0.05, 0) is 54.4 Å². The number of rotatable bonds is 8. The minimum absolute atomic E-state index is 0.00240. The summed E-state index contributed by atoms with van der Waals surface area (Å²) in [5.74, 6) is 0. The first kappa shape index (κ1) is 32.4. The zero-order chi connectivity index (χ0) is 27.1. The van der Waals surface area contributed by atoms with Crippen LogP contribution < -0.4 is 0 Å². The van der Waals surface area contributed by atoms with Crippen molar-refractivity contribution in [2.45, 2.75) is 147 Å². The Hall–Kier alpha value is 0.411. The summed E-state index contributed by atoms with van der Waals surface area (Å²) in [7, 11) is -5.00. The van der Waals surface area contributed by atoms with Gasteiger partial charge in [0.1, 0.15) is 24.4 Å². The molecule has 204 valence electrons. The monoisotopic (exact) mass is 536 g/mol. The molecule has 0 bridgehead atoms. The summed E-state index contributed by atoms with van der Waals surface area (Å²) in [6, 6.07) is 0. The fourth-order valence-electron chi connectivity index (χ4n) is 3.17. The van der Waals surface area contributed by atoms with Crippen LogP contribution >= 0.6 is 0 Å². The second-order valence-electron chi connectivity index (χ2n) is 14.5. The molecule has 1 N–H and O–H groups in total. The molecule has 1 aliphatic rings. The summed E-state index contributed by atoms with van der Waals surface area (Å²) in [6.45, 7) is 33.4. The van der Waals surface area contributed by atoms with Crippen molar-refractivity contribution in [1.82, 2.24) is 0 Å². The number of ether oxygens (including phenoxy) is 2. The van der Waals surface area contributed by atoms with E-state index in [9.17, 15) is 5.11 Å². The zero-order valence-corrected chi connectivity index (χ0v) is 28.1. The van der Waals surface area contributed by atoms with Crippen molar-refractivity contribution in [2.24, 2.45) is 0 Å². The van der Waals surface area contributed by atoms with Gasteiger partial charge in [0.15, 0.2) is 31.2 Å². The molecule has 0 spiro atoms. The SMILES string of the molecule is CO[C@H]1O[C@@H](CO)[C@H](O[Si](C)(C)C(C)(C)C)[C@H](O[Si](C)(C)C(C)(C)C)[C@@H]1O[Si](C)(C)C(C)(C)C. The normalized spacial score (nSPS) is 28.3. The molecule has 1 fully saturated rings. The van der Waals surface area contributed by atoms with Crippen molar-refractivity contribution in [3.05, 3.63) is 0 Å². The molecule has 0 aromatic rings. The van der Waals surface area contributed by atoms with Crippen LogP contribution in [0.15, 0.2) is 0 Å². The molecule has 0 amide bonds. The summed E-state index contributed by atoms with van der Waals surface area (Å²) < 4.78 is 33.2. The first-order valence-corrected chi connectivity index (χ1v) is 21.5. The van der Waals surface area contributed by atoms with Gasteiger partial charge in [0.2, 0.25) is 0 Å². The van der Waals surface area contributed by atoms with Crippen LogP contribution in [-0.2, 0) is 22.8 Å². The van der Waals surface area contributed by atoms with E-state index in [1.54, 1.807) is 7.11 Å². The first-order chi connectivity index (χ1) is 14.9. The molecule has 0 aromatic heterocycles. The Morgan fingerprint density at radius 2 is 0.941 bits per heavy atom. The van der Waals surface area contributed by atoms with Crippen molar-refractivity contribution in [3.8, 4) is 0 Å². The van der Waals surface area contributed by atoms with Crippen LogP contribution in [-0.4, -0.2) is 74.5 Å². The zero-order valence-electron chi connectivity index (χ0n) is 25.1. The molecule has 0 unspecified atom stereocenters. The van der Waals surface area contributed by atoms with E-state index < -0.39 is 55.7 Å². The second-order valence-corrected chi connectivity index (χ2v) is 28.8. The van der Waals surface area contributed by atoms with Crippen molar-refractivity contribution < 1.29 is 27.9 Å². The number of hydrogen-bond donors (Lipinski definition) is 1. The van der Waals surface area contributed by atoms with E-state index in [2.05, 4.69) is 102 Å². The van der Waals surface area contributed by atoms with Crippen LogP contribution in [0.5, 0.6) is 0 Å². The topological polar surface area (TPSA) is 66.4 Å². The highest BCUT2D eigenvalue weighted by Crippen LogP contribution is 2.45. The molecule has 0 saturated carbocycles. The highest BCUT2D eigenvalue weighted by molar-refractivity contribution is 6.75. The maximum atomic E-state index is 10.4. The minimum Gasteiger partial charge on any atom is -0.408 e. The van der Waals surface area contributed by atoms with E-state index in [0.29, 0.717) is 0 Å². The van der Waals surface area contributed by atoms with Gasteiger partial charge in [-0.2, -0.15) is 0 Å². The van der Waals surface area contributed by atoms with Crippen molar-refractivity contribution >= 4 is 25.0 Å². The lowest BCUT2D eigenvalue weighted by molar-refractivity contribution is -0.285. The van der Waals surface area contributed by atoms with E-state index in [1.807, 2.05) is 0 Å². The third kappa shape index (κ3) is 7.25. The fraction of sp³-hybridized carbons (Fsp3) is 1.00. The van der Waals surface area contributed by atoms with E-state index in [1.165, 1.54) is 0 Å². The van der Waals surface area contributed by atoms with Gasteiger partial charge in [0.05, 0.1) is 6.61 Å². The summed E-state index contributed by atoms with van der Waals surface area (Å²) in [4.78, 5) is 0. The summed E-state index contributed by atoms with van der Waals surface area (Å²) >= 11 is 0. The first-order valence-electron chi connectivity index (χ1n) is 12.7. The molecule has 1 heterocycles. The predicted octanol–water partition coefficient (Wildman–Crippen LogP) is 6.52. The van der Waals surface area contributed by atoms with Crippen molar-refractivity contribution in [1.29, 1.82) is 0 Å². The number of aliphatic hydroxyl groups is 1. The van der Waals surface area contributed by atoms with E-state index in [4.69, 9.17) is 22.8 Å². The Kier molecular flexibility index (Phi) is 10.2. The Morgan fingerprint density at radius 1 is 0.618 bits per heavy atom. The third-order valence-electron chi connectivity index (χ3n) is 8.71. The van der Waals surface area contributed by atoms with E-state index in [0.717, 1.165) is 0 Å². The maximum absolute atomic E-state index is 10.4. The Morgan fingerprint density at radius 3 is 1.24 bits per heavy atom. The van der Waals surface area contributed by atoms with Gasteiger partial charge in [-0.15, -0.1) is 0 Å². The highest BCUT2D eigenvalue weighted by atomic mass is 28.4. The minimum atomic E-state index is -2.23. The summed E-state index contributed by atoms with van der Waals surface area (Å²) in [6.07, 6.45) is -2.48. The van der Waals surface area contributed by atoms with Crippen LogP contribution in [0, 0.1) is 0 Å². The van der Waals surface area contributed by atoms with Crippen LogP contribution in [0.4, 0.5) is 0 Å². The Labute approximate surface area is 213 Å². The van der Waals surface area contributed by atoms with Gasteiger partial charge < -0.3 is 27.9 Å². The molecule has 1 saturated heterocycles. The maximum Gasteiger partial charge on any atom is 0.192 e. The molecular weight excluding hydrogens is 481 g/mol. The lowest BCUT2D eigenvalue weighted by Gasteiger charge is -2.54. The molecule has 34 heavy (non-hydrogen) atoms. The van der Waals surface area contributed by atoms with Gasteiger partial charge >= 0.3 is 0 Å². The third-order valence-corrected chi connectivity index (χ3v) is 22.1. The molecule has 6 nitrogen and oxygen atoms in total. The van der Waals surface area contributed by atoms with Gasteiger partial charge in [0, 0.05) is 7.11 Å². The van der Waals surface area contributed by atoms with E-state index >= 15 is 0 Å². The second kappa shape index (κ2) is 10.6. The molecule has 0 aliphatic carbocycles. The van der Waals surface area contributed by atoms with Crippen LogP contribution in [0.1, 0.15) is 62.3 Å². The van der Waals surface area contributed by atoms with Crippen LogP contribution in [0.2, 0.25) is 54.4 Å². The molecule has 1 aliphatic heterocycles. The molecule has 9 heteroatoms. The Balaban J connectivity index is 3.66. The lowest BCUT2D eigenvalue weighted by Crippen LogP contribution is -2.68. The number of aliphatic hydroxyl groups excluding tert-OH is 1. The van der Waals surface area contributed by atoms with Crippen LogP contribution in [0.3, 0.4) is 0 Å². The molecule has 0 radical (unpaired) electrons. The van der Waals surface area contributed by atoms with Crippen molar-refractivity contribution in [2.75, 3.05) is 13.7 Å². The number of hydrogen-bond acceptors (Lipinski definition) is 6. The quantitative estimate of drug-likeness (QED) is 0.356. The van der Waals surface area contributed by atoms with Crippen molar-refractivity contribution in [3.63, 3.8) is 0 Å². The highest BCUT2D eigenvalue weighted by Gasteiger charge is 2.56. The molecule has 1 rings (SSSR count). The predicted molar refractivity (Wildman–Crippen MR) is 149 cm³/mol. The van der Waals surface area contributed by atoms with Gasteiger partial charge in [-0.25, -0.2) is 0 Å². The van der Waals surface area contributed by atoms with E-state index in [-0.39, 0.29) is 21.7 Å². The Bertz CT molecular complexity index is 619. The summed E-state index contributed by atoms with van der Waals surface area (Å²) in [5, 5.41) is 10.4. The average Bonchev–Trinajstić information content (AvgIpc) is 2.61.